The Morgan fingerprint density at radius 1 is 1.65 bits per heavy atom. The first-order valence-corrected chi connectivity index (χ1v) is 7.12. The minimum absolute atomic E-state index is 0.172. The topological polar surface area (TPSA) is 101 Å². The first-order chi connectivity index (χ1) is 7.95. The van der Waals surface area contributed by atoms with Crippen LogP contribution in [0.4, 0.5) is 5.69 Å². The molecule has 96 valence electrons. The van der Waals surface area contributed by atoms with E-state index < -0.39 is 10.8 Å². The minimum atomic E-state index is -0.944. The van der Waals surface area contributed by atoms with Crippen LogP contribution in [-0.2, 0) is 17.2 Å². The molecule has 1 amide bonds. The van der Waals surface area contributed by atoms with Gasteiger partial charge in [0.15, 0.2) is 5.69 Å². The molecule has 0 fully saturated rings. The van der Waals surface area contributed by atoms with E-state index in [9.17, 15) is 9.00 Å². The highest BCUT2D eigenvalue weighted by atomic mass is 32.2. The number of hydrogen-bond donors (Lipinski definition) is 3. The highest BCUT2D eigenvalue weighted by molar-refractivity contribution is 7.84. The highest BCUT2D eigenvalue weighted by Crippen LogP contribution is 2.14. The molecule has 2 atom stereocenters. The number of carbonyl (C=O) groups is 1. The monoisotopic (exact) mass is 258 g/mol. The fourth-order valence-corrected chi connectivity index (χ4v) is 2.30. The van der Waals surface area contributed by atoms with E-state index in [1.54, 1.807) is 13.2 Å². The summed E-state index contributed by atoms with van der Waals surface area (Å²) >= 11 is 0. The summed E-state index contributed by atoms with van der Waals surface area (Å²) < 4.78 is 11.0. The number of aromatic nitrogens is 2. The second-order valence-electron chi connectivity index (χ2n) is 3.93. The summed E-state index contributed by atoms with van der Waals surface area (Å²) in [6.07, 6.45) is 2.29. The Morgan fingerprint density at radius 2 is 2.29 bits per heavy atom. The molecular formula is C10H18N4O2S. The van der Waals surface area contributed by atoms with Crippen LogP contribution < -0.4 is 11.1 Å². The van der Waals surface area contributed by atoms with Crippen LogP contribution in [-0.4, -0.2) is 38.4 Å². The van der Waals surface area contributed by atoms with Crippen LogP contribution in [0.1, 0.15) is 30.0 Å². The van der Waals surface area contributed by atoms with E-state index in [0.717, 1.165) is 5.69 Å². The number of rotatable bonds is 5. The van der Waals surface area contributed by atoms with Crippen molar-refractivity contribution in [2.45, 2.75) is 26.3 Å². The standard InChI is InChI=1S/C10H18N4O2S/c1-4-7-8(11)9(14-13-7)10(15)12-6(2)5-17(3)16/h6H,4-5,11H2,1-3H3,(H,12,15)(H,13,14). The van der Waals surface area contributed by atoms with Crippen LogP contribution in [0.15, 0.2) is 0 Å². The highest BCUT2D eigenvalue weighted by Gasteiger charge is 2.18. The van der Waals surface area contributed by atoms with E-state index in [2.05, 4.69) is 15.5 Å². The fourth-order valence-electron chi connectivity index (χ4n) is 1.52. The molecule has 0 aliphatic rings. The number of amides is 1. The van der Waals surface area contributed by atoms with E-state index >= 15 is 0 Å². The van der Waals surface area contributed by atoms with Gasteiger partial charge in [0, 0.05) is 28.9 Å². The van der Waals surface area contributed by atoms with Crippen molar-refractivity contribution in [2.75, 3.05) is 17.7 Å². The van der Waals surface area contributed by atoms with Crippen molar-refractivity contribution >= 4 is 22.4 Å². The van der Waals surface area contributed by atoms with Crippen molar-refractivity contribution in [3.05, 3.63) is 11.4 Å². The molecule has 0 radical (unpaired) electrons. The molecule has 1 heterocycles. The van der Waals surface area contributed by atoms with Crippen molar-refractivity contribution in [3.63, 3.8) is 0 Å². The van der Waals surface area contributed by atoms with Gasteiger partial charge in [-0.3, -0.25) is 14.1 Å². The zero-order valence-corrected chi connectivity index (χ0v) is 11.1. The van der Waals surface area contributed by atoms with Gasteiger partial charge in [0.2, 0.25) is 0 Å². The van der Waals surface area contributed by atoms with Crippen LogP contribution in [0.25, 0.3) is 0 Å². The predicted molar refractivity (Wildman–Crippen MR) is 68.2 cm³/mol. The third-order valence-electron chi connectivity index (χ3n) is 2.31. The number of aryl methyl sites for hydroxylation is 1. The lowest BCUT2D eigenvalue weighted by molar-refractivity contribution is 0.0939. The van der Waals surface area contributed by atoms with E-state index in [1.807, 2.05) is 6.92 Å². The van der Waals surface area contributed by atoms with Crippen molar-refractivity contribution in [3.8, 4) is 0 Å². The fraction of sp³-hybridized carbons (Fsp3) is 0.600. The molecule has 0 aromatic carbocycles. The van der Waals surface area contributed by atoms with Crippen LogP contribution in [0, 0.1) is 0 Å². The van der Waals surface area contributed by atoms with Crippen molar-refractivity contribution in [2.24, 2.45) is 0 Å². The zero-order chi connectivity index (χ0) is 13.0. The number of nitrogens with two attached hydrogens (primary N) is 1. The maximum atomic E-state index is 11.8. The zero-order valence-electron chi connectivity index (χ0n) is 10.2. The Bertz CT molecular complexity index is 430. The first kappa shape index (κ1) is 13.7. The van der Waals surface area contributed by atoms with Gasteiger partial charge in [-0.25, -0.2) is 0 Å². The van der Waals surface area contributed by atoms with Gasteiger partial charge in [0.05, 0.1) is 11.4 Å². The summed E-state index contributed by atoms with van der Waals surface area (Å²) in [6, 6.07) is -0.172. The number of hydrogen-bond acceptors (Lipinski definition) is 4. The molecule has 6 nitrogen and oxygen atoms in total. The SMILES string of the molecule is CCc1[nH]nc(C(=O)NC(C)CS(C)=O)c1N. The number of nitrogens with zero attached hydrogens (tertiary/aromatic N) is 1. The Balaban J connectivity index is 2.69. The Kier molecular flexibility index (Phi) is 4.68. The molecule has 0 aliphatic carbocycles. The quantitative estimate of drug-likeness (QED) is 0.694. The molecule has 1 rings (SSSR count). The lowest BCUT2D eigenvalue weighted by atomic mass is 10.2. The van der Waals surface area contributed by atoms with Crippen LogP contribution >= 0.6 is 0 Å². The third kappa shape index (κ3) is 3.55. The molecule has 0 saturated heterocycles. The van der Waals surface area contributed by atoms with Crippen LogP contribution in [0.2, 0.25) is 0 Å². The third-order valence-corrected chi connectivity index (χ3v) is 3.28. The lowest BCUT2D eigenvalue weighted by Crippen LogP contribution is -2.36. The molecule has 1 aromatic heterocycles. The maximum absolute atomic E-state index is 11.8. The van der Waals surface area contributed by atoms with E-state index in [-0.39, 0.29) is 17.6 Å². The van der Waals surface area contributed by atoms with Crippen LogP contribution in [0.5, 0.6) is 0 Å². The van der Waals surface area contributed by atoms with E-state index in [4.69, 9.17) is 5.73 Å². The number of nitrogen functional groups attached to an aromatic ring is 1. The van der Waals surface area contributed by atoms with Gasteiger partial charge >= 0.3 is 0 Å². The van der Waals surface area contributed by atoms with Gasteiger partial charge in [-0.05, 0) is 13.3 Å². The van der Waals surface area contributed by atoms with Gasteiger partial charge < -0.3 is 11.1 Å². The Hall–Kier alpha value is -1.37. The second kappa shape index (κ2) is 5.81. The molecular weight excluding hydrogens is 240 g/mol. The largest absolute Gasteiger partial charge is 0.395 e. The maximum Gasteiger partial charge on any atom is 0.274 e. The lowest BCUT2D eigenvalue weighted by Gasteiger charge is -2.11. The first-order valence-electron chi connectivity index (χ1n) is 5.39. The number of carbonyl (C=O) groups excluding carboxylic acids is 1. The summed E-state index contributed by atoms with van der Waals surface area (Å²) in [4.78, 5) is 11.8. The predicted octanol–water partition coefficient (Wildman–Crippen LogP) is 0.0511. The van der Waals surface area contributed by atoms with Crippen LogP contribution in [0.3, 0.4) is 0 Å². The van der Waals surface area contributed by atoms with Gasteiger partial charge in [0.1, 0.15) is 0 Å². The summed E-state index contributed by atoms with van der Waals surface area (Å²) in [6.45, 7) is 3.72. The summed E-state index contributed by atoms with van der Waals surface area (Å²) in [7, 11) is -0.944. The molecule has 0 aliphatic heterocycles. The summed E-state index contributed by atoms with van der Waals surface area (Å²) in [5, 5.41) is 9.31. The Labute approximate surface area is 103 Å². The molecule has 1 aromatic rings. The molecule has 4 N–H and O–H groups in total. The number of H-pyrrole nitrogens is 1. The minimum Gasteiger partial charge on any atom is -0.395 e. The normalized spacial score (nSPS) is 14.3. The molecule has 0 bridgehead atoms. The van der Waals surface area contributed by atoms with E-state index in [1.165, 1.54) is 0 Å². The average Bonchev–Trinajstić information content (AvgIpc) is 2.57. The van der Waals surface area contributed by atoms with E-state index in [0.29, 0.717) is 17.9 Å². The molecule has 7 heteroatoms. The number of aromatic amines is 1. The second-order valence-corrected chi connectivity index (χ2v) is 5.41. The van der Waals surface area contributed by atoms with Gasteiger partial charge in [-0.2, -0.15) is 5.10 Å². The van der Waals surface area contributed by atoms with Gasteiger partial charge in [-0.15, -0.1) is 0 Å². The molecule has 17 heavy (non-hydrogen) atoms. The average molecular weight is 258 g/mol. The van der Waals surface area contributed by atoms with Gasteiger partial charge in [0.25, 0.3) is 5.91 Å². The molecule has 0 saturated carbocycles. The summed E-state index contributed by atoms with van der Waals surface area (Å²) in [5.74, 6) is 0.0767. The Morgan fingerprint density at radius 3 is 2.76 bits per heavy atom. The number of anilines is 1. The molecule has 2 unspecified atom stereocenters. The smallest absolute Gasteiger partial charge is 0.274 e. The number of nitrogens with one attached hydrogen (secondary N) is 2. The van der Waals surface area contributed by atoms with Crippen molar-refractivity contribution in [1.82, 2.24) is 15.5 Å². The van der Waals surface area contributed by atoms with Gasteiger partial charge in [-0.1, -0.05) is 6.92 Å². The van der Waals surface area contributed by atoms with Crippen molar-refractivity contribution in [1.29, 1.82) is 0 Å². The van der Waals surface area contributed by atoms with Crippen molar-refractivity contribution < 1.29 is 9.00 Å². The summed E-state index contributed by atoms with van der Waals surface area (Å²) in [5.41, 5.74) is 7.12. The molecule has 0 spiro atoms.